The molecule has 3 heteroatoms. The van der Waals surface area contributed by atoms with Crippen molar-refractivity contribution in [3.8, 4) is 0 Å². The maximum absolute atomic E-state index is 12.6. The van der Waals surface area contributed by atoms with E-state index in [2.05, 4.69) is 25.7 Å². The van der Waals surface area contributed by atoms with Crippen LogP contribution in [-0.2, 0) is 4.79 Å². The van der Waals surface area contributed by atoms with E-state index in [9.17, 15) is 4.79 Å². The fourth-order valence-corrected chi connectivity index (χ4v) is 3.43. The van der Waals surface area contributed by atoms with E-state index >= 15 is 0 Å². The molecular formula is C15H28N2O. The Bertz CT molecular complexity index is 294. The lowest BCUT2D eigenvalue weighted by atomic mass is 9.75. The number of carbonyl (C=O) groups excluding carboxylic acids is 1. The molecule has 3 unspecified atom stereocenters. The standard InChI is InChI=1S/C15H28N2O/c1-11-5-4-6-12(16)13(11)14(18)17-9-7-15(2,3)8-10-17/h11-13H,4-10,16H2,1-3H3. The Labute approximate surface area is 111 Å². The first-order chi connectivity index (χ1) is 8.41. The van der Waals surface area contributed by atoms with Crippen LogP contribution in [0.3, 0.4) is 0 Å². The second kappa shape index (κ2) is 5.20. The molecule has 0 aromatic rings. The summed E-state index contributed by atoms with van der Waals surface area (Å²) in [5.74, 6) is 0.848. The van der Waals surface area contributed by atoms with Crippen molar-refractivity contribution in [2.45, 2.75) is 58.9 Å². The summed E-state index contributed by atoms with van der Waals surface area (Å²) in [6.07, 6.45) is 5.59. The highest BCUT2D eigenvalue weighted by Gasteiger charge is 2.38. The molecule has 1 aliphatic heterocycles. The Morgan fingerprint density at radius 3 is 2.39 bits per heavy atom. The second-order valence-corrected chi connectivity index (χ2v) is 7.09. The molecule has 2 fully saturated rings. The average molecular weight is 252 g/mol. The molecule has 0 aromatic carbocycles. The molecule has 1 saturated carbocycles. The van der Waals surface area contributed by atoms with E-state index in [-0.39, 0.29) is 12.0 Å². The highest BCUT2D eigenvalue weighted by molar-refractivity contribution is 5.80. The first-order valence-electron chi connectivity index (χ1n) is 7.45. The Kier molecular flexibility index (Phi) is 4.00. The van der Waals surface area contributed by atoms with E-state index < -0.39 is 0 Å². The van der Waals surface area contributed by atoms with Gasteiger partial charge in [0.05, 0.1) is 5.92 Å². The second-order valence-electron chi connectivity index (χ2n) is 7.09. The Balaban J connectivity index is 1.98. The van der Waals surface area contributed by atoms with E-state index in [0.717, 1.165) is 38.8 Å². The van der Waals surface area contributed by atoms with Gasteiger partial charge in [0.25, 0.3) is 0 Å². The van der Waals surface area contributed by atoms with Gasteiger partial charge in [0.2, 0.25) is 5.91 Å². The molecule has 3 atom stereocenters. The third kappa shape index (κ3) is 2.87. The summed E-state index contributed by atoms with van der Waals surface area (Å²) in [6.45, 7) is 8.62. The lowest BCUT2D eigenvalue weighted by molar-refractivity contribution is -0.141. The largest absolute Gasteiger partial charge is 0.342 e. The topological polar surface area (TPSA) is 46.3 Å². The van der Waals surface area contributed by atoms with Gasteiger partial charge in [-0.1, -0.05) is 27.2 Å². The smallest absolute Gasteiger partial charge is 0.227 e. The molecule has 1 aliphatic carbocycles. The normalized spacial score (nSPS) is 36.4. The Morgan fingerprint density at radius 2 is 1.83 bits per heavy atom. The minimum Gasteiger partial charge on any atom is -0.342 e. The zero-order chi connectivity index (χ0) is 13.3. The maximum Gasteiger partial charge on any atom is 0.227 e. The average Bonchev–Trinajstić information content (AvgIpc) is 2.28. The summed E-state index contributed by atoms with van der Waals surface area (Å²) < 4.78 is 0. The number of piperidine rings is 1. The number of likely N-dealkylation sites (tertiary alicyclic amines) is 1. The quantitative estimate of drug-likeness (QED) is 0.779. The molecule has 0 bridgehead atoms. The van der Waals surface area contributed by atoms with E-state index in [1.165, 1.54) is 6.42 Å². The van der Waals surface area contributed by atoms with Crippen molar-refractivity contribution in [2.24, 2.45) is 23.0 Å². The number of hydrogen-bond acceptors (Lipinski definition) is 2. The van der Waals surface area contributed by atoms with Crippen molar-refractivity contribution in [1.82, 2.24) is 4.90 Å². The fourth-order valence-electron chi connectivity index (χ4n) is 3.43. The zero-order valence-corrected chi connectivity index (χ0v) is 12.1. The highest BCUT2D eigenvalue weighted by atomic mass is 16.2. The van der Waals surface area contributed by atoms with Gasteiger partial charge in [-0.2, -0.15) is 0 Å². The fraction of sp³-hybridized carbons (Fsp3) is 0.933. The summed E-state index contributed by atoms with van der Waals surface area (Å²) in [6, 6.07) is 0.0798. The Morgan fingerprint density at radius 1 is 1.22 bits per heavy atom. The van der Waals surface area contributed by atoms with E-state index in [4.69, 9.17) is 5.73 Å². The van der Waals surface area contributed by atoms with Crippen molar-refractivity contribution in [3.05, 3.63) is 0 Å². The minimum absolute atomic E-state index is 0.0694. The summed E-state index contributed by atoms with van der Waals surface area (Å²) in [5.41, 5.74) is 6.58. The first-order valence-corrected chi connectivity index (χ1v) is 7.45. The highest BCUT2D eigenvalue weighted by Crippen LogP contribution is 2.34. The van der Waals surface area contributed by atoms with E-state index in [0.29, 0.717) is 17.2 Å². The monoisotopic (exact) mass is 252 g/mol. The van der Waals surface area contributed by atoms with Gasteiger partial charge in [-0.15, -0.1) is 0 Å². The molecule has 2 aliphatic rings. The lowest BCUT2D eigenvalue weighted by Crippen LogP contribution is -2.51. The Hall–Kier alpha value is -0.570. The minimum atomic E-state index is 0.0694. The summed E-state index contributed by atoms with van der Waals surface area (Å²) in [5, 5.41) is 0. The zero-order valence-electron chi connectivity index (χ0n) is 12.1. The summed E-state index contributed by atoms with van der Waals surface area (Å²) >= 11 is 0. The summed E-state index contributed by atoms with van der Waals surface area (Å²) in [4.78, 5) is 14.7. The van der Waals surface area contributed by atoms with Crippen LogP contribution in [0.2, 0.25) is 0 Å². The van der Waals surface area contributed by atoms with Crippen LogP contribution in [0, 0.1) is 17.3 Å². The molecule has 0 radical (unpaired) electrons. The molecule has 1 amide bonds. The third-order valence-electron chi connectivity index (χ3n) is 4.99. The molecule has 18 heavy (non-hydrogen) atoms. The number of hydrogen-bond donors (Lipinski definition) is 1. The molecular weight excluding hydrogens is 224 g/mol. The summed E-state index contributed by atoms with van der Waals surface area (Å²) in [7, 11) is 0. The predicted octanol–water partition coefficient (Wildman–Crippen LogP) is 2.40. The van der Waals surface area contributed by atoms with Crippen LogP contribution in [0.25, 0.3) is 0 Å². The first kappa shape index (κ1) is 13.9. The van der Waals surface area contributed by atoms with Gasteiger partial charge in [0, 0.05) is 19.1 Å². The van der Waals surface area contributed by atoms with Crippen LogP contribution >= 0.6 is 0 Å². The van der Waals surface area contributed by atoms with Crippen LogP contribution in [0.4, 0.5) is 0 Å². The van der Waals surface area contributed by atoms with E-state index in [1.54, 1.807) is 0 Å². The molecule has 1 heterocycles. The van der Waals surface area contributed by atoms with Gasteiger partial charge in [-0.25, -0.2) is 0 Å². The van der Waals surface area contributed by atoms with Gasteiger partial charge in [0.1, 0.15) is 0 Å². The predicted molar refractivity (Wildman–Crippen MR) is 74.1 cm³/mol. The molecule has 1 saturated heterocycles. The molecule has 0 aromatic heterocycles. The van der Waals surface area contributed by atoms with Crippen molar-refractivity contribution >= 4 is 5.91 Å². The number of nitrogens with two attached hydrogens (primary N) is 1. The van der Waals surface area contributed by atoms with Crippen molar-refractivity contribution < 1.29 is 4.79 Å². The van der Waals surface area contributed by atoms with Gasteiger partial charge < -0.3 is 10.6 Å². The van der Waals surface area contributed by atoms with Gasteiger partial charge in [0.15, 0.2) is 0 Å². The number of nitrogens with zero attached hydrogens (tertiary/aromatic N) is 1. The molecule has 2 N–H and O–H groups in total. The molecule has 2 rings (SSSR count). The van der Waals surface area contributed by atoms with Crippen molar-refractivity contribution in [2.75, 3.05) is 13.1 Å². The van der Waals surface area contributed by atoms with Gasteiger partial charge in [-0.3, -0.25) is 4.79 Å². The van der Waals surface area contributed by atoms with Gasteiger partial charge in [-0.05, 0) is 37.0 Å². The SMILES string of the molecule is CC1CCCC(N)C1C(=O)N1CCC(C)(C)CC1. The van der Waals surface area contributed by atoms with Crippen molar-refractivity contribution in [1.29, 1.82) is 0 Å². The maximum atomic E-state index is 12.6. The van der Waals surface area contributed by atoms with Crippen LogP contribution in [0.15, 0.2) is 0 Å². The van der Waals surface area contributed by atoms with Crippen molar-refractivity contribution in [3.63, 3.8) is 0 Å². The number of carbonyl (C=O) groups is 1. The number of amides is 1. The molecule has 104 valence electrons. The molecule has 0 spiro atoms. The van der Waals surface area contributed by atoms with Gasteiger partial charge >= 0.3 is 0 Å². The number of rotatable bonds is 1. The molecule has 3 nitrogen and oxygen atoms in total. The lowest BCUT2D eigenvalue weighted by Gasteiger charge is -2.41. The third-order valence-corrected chi connectivity index (χ3v) is 4.99. The van der Waals surface area contributed by atoms with Crippen LogP contribution < -0.4 is 5.73 Å². The van der Waals surface area contributed by atoms with Crippen LogP contribution in [0.5, 0.6) is 0 Å². The van der Waals surface area contributed by atoms with E-state index in [1.807, 2.05) is 0 Å². The van der Waals surface area contributed by atoms with Crippen LogP contribution in [0.1, 0.15) is 52.9 Å². The van der Waals surface area contributed by atoms with Crippen LogP contribution in [-0.4, -0.2) is 29.9 Å².